The quantitative estimate of drug-likeness (QED) is 0.885. The van der Waals surface area contributed by atoms with Crippen molar-refractivity contribution in [1.29, 1.82) is 0 Å². The van der Waals surface area contributed by atoms with Crippen LogP contribution in [0.3, 0.4) is 0 Å². The Hall–Kier alpha value is -0.450. The zero-order chi connectivity index (χ0) is 10.5. The van der Waals surface area contributed by atoms with Gasteiger partial charge >= 0.3 is 0 Å². The second kappa shape index (κ2) is 5.58. The van der Waals surface area contributed by atoms with Crippen molar-refractivity contribution in [3.63, 3.8) is 0 Å². The minimum absolute atomic E-state index is 0.967. The van der Waals surface area contributed by atoms with Crippen LogP contribution >= 0.6 is 15.9 Å². The number of hydrogen-bond acceptors (Lipinski definition) is 3. The van der Waals surface area contributed by atoms with E-state index in [1.807, 2.05) is 6.20 Å². The molecule has 2 heterocycles. The molecule has 4 heteroatoms. The van der Waals surface area contributed by atoms with Crippen LogP contribution in [0.4, 0.5) is 0 Å². The van der Waals surface area contributed by atoms with Crippen LogP contribution in [0, 0.1) is 0 Å². The summed E-state index contributed by atoms with van der Waals surface area (Å²) in [6.07, 6.45) is 3.10. The van der Waals surface area contributed by atoms with Gasteiger partial charge in [0, 0.05) is 30.3 Å². The highest BCUT2D eigenvalue weighted by molar-refractivity contribution is 9.10. The van der Waals surface area contributed by atoms with Crippen LogP contribution < -0.4 is 5.32 Å². The molecule has 15 heavy (non-hydrogen) atoms. The van der Waals surface area contributed by atoms with Gasteiger partial charge in [0.25, 0.3) is 0 Å². The van der Waals surface area contributed by atoms with E-state index in [4.69, 9.17) is 0 Å². The minimum atomic E-state index is 0.967. The van der Waals surface area contributed by atoms with Crippen molar-refractivity contribution in [2.75, 3.05) is 26.2 Å². The first-order valence-corrected chi connectivity index (χ1v) is 6.17. The molecule has 0 aromatic carbocycles. The molecule has 1 aromatic heterocycles. The highest BCUT2D eigenvalue weighted by atomic mass is 79.9. The number of hydrogen-bond donors (Lipinski definition) is 1. The number of nitrogens with zero attached hydrogens (tertiary/aromatic N) is 2. The third-order valence-corrected chi connectivity index (χ3v) is 3.08. The molecule has 1 saturated heterocycles. The molecular weight excluding hydrogens is 254 g/mol. The molecular formula is C11H16BrN3. The SMILES string of the molecule is Brc1ccc(CN2CCCNCC2)nc1. The van der Waals surface area contributed by atoms with E-state index in [1.165, 1.54) is 13.0 Å². The second-order valence-electron chi connectivity index (χ2n) is 3.85. The molecule has 0 atom stereocenters. The van der Waals surface area contributed by atoms with Crippen LogP contribution in [-0.2, 0) is 6.54 Å². The lowest BCUT2D eigenvalue weighted by Crippen LogP contribution is -2.27. The lowest BCUT2D eigenvalue weighted by molar-refractivity contribution is 0.281. The van der Waals surface area contributed by atoms with Crippen LogP contribution in [-0.4, -0.2) is 36.1 Å². The smallest absolute Gasteiger partial charge is 0.0544 e. The largest absolute Gasteiger partial charge is 0.315 e. The Morgan fingerprint density at radius 2 is 2.27 bits per heavy atom. The van der Waals surface area contributed by atoms with Gasteiger partial charge in [-0.05, 0) is 47.6 Å². The molecule has 2 rings (SSSR count). The average Bonchev–Trinajstić information content (AvgIpc) is 2.50. The monoisotopic (exact) mass is 269 g/mol. The molecule has 1 N–H and O–H groups in total. The maximum Gasteiger partial charge on any atom is 0.0544 e. The highest BCUT2D eigenvalue weighted by Crippen LogP contribution is 2.09. The summed E-state index contributed by atoms with van der Waals surface area (Å²) < 4.78 is 1.05. The maximum absolute atomic E-state index is 4.39. The second-order valence-corrected chi connectivity index (χ2v) is 4.76. The highest BCUT2D eigenvalue weighted by Gasteiger charge is 2.09. The average molecular weight is 270 g/mol. The van der Waals surface area contributed by atoms with Gasteiger partial charge in [-0.25, -0.2) is 0 Å². The van der Waals surface area contributed by atoms with E-state index in [9.17, 15) is 0 Å². The Morgan fingerprint density at radius 3 is 3.07 bits per heavy atom. The molecule has 1 fully saturated rings. The first-order chi connectivity index (χ1) is 7.34. The predicted molar refractivity (Wildman–Crippen MR) is 64.7 cm³/mol. The first kappa shape index (κ1) is 11.0. The topological polar surface area (TPSA) is 28.2 Å². The van der Waals surface area contributed by atoms with Crippen molar-refractivity contribution in [3.8, 4) is 0 Å². The lowest BCUT2D eigenvalue weighted by atomic mass is 10.3. The van der Waals surface area contributed by atoms with Crippen LogP contribution in [0.1, 0.15) is 12.1 Å². The maximum atomic E-state index is 4.39. The van der Waals surface area contributed by atoms with Gasteiger partial charge in [0.2, 0.25) is 0 Å². The van der Waals surface area contributed by atoms with Crippen LogP contribution in [0.2, 0.25) is 0 Å². The fraction of sp³-hybridized carbons (Fsp3) is 0.545. The molecule has 1 aliphatic heterocycles. The van der Waals surface area contributed by atoms with Gasteiger partial charge in [0.15, 0.2) is 0 Å². The van der Waals surface area contributed by atoms with Gasteiger partial charge in [-0.2, -0.15) is 0 Å². The summed E-state index contributed by atoms with van der Waals surface area (Å²) in [5.74, 6) is 0. The Labute approximate surface area is 99.0 Å². The van der Waals surface area contributed by atoms with Gasteiger partial charge in [-0.1, -0.05) is 0 Å². The molecule has 3 nitrogen and oxygen atoms in total. The van der Waals surface area contributed by atoms with Gasteiger partial charge in [0.1, 0.15) is 0 Å². The summed E-state index contributed by atoms with van der Waals surface area (Å²) in [6, 6.07) is 4.14. The van der Waals surface area contributed by atoms with E-state index in [0.717, 1.165) is 36.3 Å². The van der Waals surface area contributed by atoms with E-state index in [1.54, 1.807) is 0 Å². The summed E-state index contributed by atoms with van der Waals surface area (Å²) in [4.78, 5) is 6.85. The van der Waals surface area contributed by atoms with Crippen molar-refractivity contribution in [2.24, 2.45) is 0 Å². The van der Waals surface area contributed by atoms with Crippen molar-refractivity contribution in [3.05, 3.63) is 28.5 Å². The normalized spacial score (nSPS) is 18.7. The standard InChI is InChI=1S/C11H16BrN3/c12-10-2-3-11(14-8-10)9-15-6-1-4-13-5-7-15/h2-3,8,13H,1,4-7,9H2. The Balaban J connectivity index is 1.92. The fourth-order valence-electron chi connectivity index (χ4n) is 1.79. The Morgan fingerprint density at radius 1 is 1.33 bits per heavy atom. The van der Waals surface area contributed by atoms with Crippen LogP contribution in [0.5, 0.6) is 0 Å². The van der Waals surface area contributed by atoms with Gasteiger partial charge in [-0.3, -0.25) is 9.88 Å². The van der Waals surface area contributed by atoms with Crippen molar-refractivity contribution >= 4 is 15.9 Å². The number of nitrogens with one attached hydrogen (secondary N) is 1. The molecule has 0 amide bonds. The molecule has 0 saturated carbocycles. The van der Waals surface area contributed by atoms with Crippen molar-refractivity contribution < 1.29 is 0 Å². The van der Waals surface area contributed by atoms with Crippen LogP contribution in [0.25, 0.3) is 0 Å². The zero-order valence-electron chi connectivity index (χ0n) is 8.75. The van der Waals surface area contributed by atoms with Crippen molar-refractivity contribution in [2.45, 2.75) is 13.0 Å². The number of pyridine rings is 1. The van der Waals surface area contributed by atoms with E-state index >= 15 is 0 Å². The van der Waals surface area contributed by atoms with E-state index in [0.29, 0.717) is 0 Å². The zero-order valence-corrected chi connectivity index (χ0v) is 10.3. The van der Waals surface area contributed by atoms with Crippen molar-refractivity contribution in [1.82, 2.24) is 15.2 Å². The van der Waals surface area contributed by atoms with Gasteiger partial charge in [-0.15, -0.1) is 0 Å². The Kier molecular flexibility index (Phi) is 4.11. The summed E-state index contributed by atoms with van der Waals surface area (Å²) in [5, 5.41) is 3.40. The summed E-state index contributed by atoms with van der Waals surface area (Å²) >= 11 is 3.40. The minimum Gasteiger partial charge on any atom is -0.315 e. The molecule has 0 radical (unpaired) electrons. The molecule has 82 valence electrons. The molecule has 1 aliphatic rings. The molecule has 0 aliphatic carbocycles. The predicted octanol–water partition coefficient (Wildman–Crippen LogP) is 1.64. The van der Waals surface area contributed by atoms with E-state index < -0.39 is 0 Å². The first-order valence-electron chi connectivity index (χ1n) is 5.38. The lowest BCUT2D eigenvalue weighted by Gasteiger charge is -2.18. The molecule has 0 bridgehead atoms. The Bertz CT molecular complexity index is 291. The third-order valence-electron chi connectivity index (χ3n) is 2.61. The van der Waals surface area contributed by atoms with Gasteiger partial charge < -0.3 is 5.32 Å². The fourth-order valence-corrected chi connectivity index (χ4v) is 2.02. The molecule has 0 spiro atoms. The van der Waals surface area contributed by atoms with E-state index in [-0.39, 0.29) is 0 Å². The molecule has 1 aromatic rings. The number of halogens is 1. The van der Waals surface area contributed by atoms with E-state index in [2.05, 4.69) is 43.3 Å². The summed E-state index contributed by atoms with van der Waals surface area (Å²) in [5.41, 5.74) is 1.15. The van der Waals surface area contributed by atoms with Gasteiger partial charge in [0.05, 0.1) is 5.69 Å². The number of rotatable bonds is 2. The van der Waals surface area contributed by atoms with Crippen LogP contribution in [0.15, 0.2) is 22.8 Å². The summed E-state index contributed by atoms with van der Waals surface area (Å²) in [6.45, 7) is 5.50. The third kappa shape index (κ3) is 3.55. The summed E-state index contributed by atoms with van der Waals surface area (Å²) in [7, 11) is 0. The number of aromatic nitrogens is 1. The molecule has 0 unspecified atom stereocenters.